The fraction of sp³-hybridized carbons (Fsp3) is 0.625. The molecule has 0 unspecified atom stereocenters. The van der Waals surface area contributed by atoms with Gasteiger partial charge in [-0.1, -0.05) is 0 Å². The summed E-state index contributed by atoms with van der Waals surface area (Å²) < 4.78 is 10.1. The zero-order valence-corrected chi connectivity index (χ0v) is 11.3. The third-order valence-electron chi connectivity index (χ3n) is 1.61. The van der Waals surface area contributed by atoms with E-state index in [-0.39, 0.29) is 12.8 Å². The number of nitrogens with one attached hydrogen (secondary N) is 1. The number of hydrogen-bond acceptors (Lipinski definition) is 6. The monoisotopic (exact) mass is 315 g/mol. The third kappa shape index (κ3) is 18.8. The van der Waals surface area contributed by atoms with Crippen LogP contribution in [0.15, 0.2) is 0 Å². The lowest BCUT2D eigenvalue weighted by molar-refractivity contribution is -0.139. The molecule has 0 fully saturated rings. The first kappa shape index (κ1) is 20.8. The number of carboxylic acids is 2. The van der Waals surface area contributed by atoms with E-state index in [0.29, 0.717) is 0 Å². The van der Waals surface area contributed by atoms with Gasteiger partial charge >= 0.3 is 19.5 Å². The summed E-state index contributed by atoms with van der Waals surface area (Å²) in [4.78, 5) is 46.3. The highest BCUT2D eigenvalue weighted by molar-refractivity contribution is 7.51. The van der Waals surface area contributed by atoms with E-state index in [0.717, 1.165) is 0 Å². The smallest absolute Gasteiger partial charge is 0.339 e. The largest absolute Gasteiger partial charge is 0.480 e. The Morgan fingerprint density at radius 1 is 1.20 bits per heavy atom. The molecule has 20 heavy (non-hydrogen) atoms. The van der Waals surface area contributed by atoms with E-state index in [1.165, 1.54) is 0 Å². The molecule has 0 saturated heterocycles. The number of rotatable bonds is 8. The van der Waals surface area contributed by atoms with Crippen LogP contribution in [-0.2, 0) is 18.9 Å². The van der Waals surface area contributed by atoms with Crippen LogP contribution in [0.25, 0.3) is 0 Å². The number of hydrogen-bond donors (Lipinski definition) is 7. The number of primary amides is 1. The Morgan fingerprint density at radius 2 is 1.70 bits per heavy atom. The summed E-state index contributed by atoms with van der Waals surface area (Å²) in [7, 11) is -4.10. The molecule has 0 saturated carbocycles. The fourth-order valence-corrected chi connectivity index (χ4v) is 1.13. The van der Waals surface area contributed by atoms with E-state index in [2.05, 4.69) is 5.32 Å². The van der Waals surface area contributed by atoms with Crippen LogP contribution in [0.1, 0.15) is 12.8 Å². The van der Waals surface area contributed by atoms with E-state index in [4.69, 9.17) is 31.5 Å². The molecule has 0 rings (SSSR count). The normalized spacial score (nSPS) is 11.9. The standard InChI is InChI=1S/C5H10N2O3.C3H8NO5P/c6-3(5(9)10)1-2-4(7)8;5-3(6)1-4-2-10(7,8)9/h3H,1-2,6H2,(H2,7,8)(H,9,10);4H,1-2H2,(H,5,6)(H2,7,8,9)/t3-;/m0./s1. The van der Waals surface area contributed by atoms with Gasteiger partial charge in [0.05, 0.1) is 12.8 Å². The number of carbonyl (C=O) groups excluding carboxylic acids is 1. The molecule has 0 heterocycles. The van der Waals surface area contributed by atoms with Gasteiger partial charge in [0.1, 0.15) is 6.04 Å². The van der Waals surface area contributed by atoms with Crippen molar-refractivity contribution < 1.29 is 38.9 Å². The molecular weight excluding hydrogens is 297 g/mol. The average Bonchev–Trinajstić information content (AvgIpc) is 2.24. The molecule has 0 radical (unpaired) electrons. The zero-order chi connectivity index (χ0) is 16.3. The highest BCUT2D eigenvalue weighted by Crippen LogP contribution is 2.31. The second kappa shape index (κ2) is 10.3. The second-order valence-corrected chi connectivity index (χ2v) is 5.24. The van der Waals surface area contributed by atoms with Crippen LogP contribution in [0, 0.1) is 0 Å². The maximum absolute atomic E-state index is 10.1. The van der Waals surface area contributed by atoms with Gasteiger partial charge in [0, 0.05) is 6.42 Å². The molecule has 0 aliphatic carbocycles. The van der Waals surface area contributed by atoms with E-state index in [9.17, 15) is 18.9 Å². The molecular formula is C8H18N3O8P. The molecule has 0 aliphatic rings. The molecule has 11 nitrogen and oxygen atoms in total. The van der Waals surface area contributed by atoms with Crippen molar-refractivity contribution in [1.82, 2.24) is 5.32 Å². The van der Waals surface area contributed by atoms with Crippen molar-refractivity contribution >= 4 is 25.4 Å². The highest BCUT2D eigenvalue weighted by Gasteiger charge is 2.12. The van der Waals surface area contributed by atoms with Crippen LogP contribution < -0.4 is 16.8 Å². The third-order valence-corrected chi connectivity index (χ3v) is 2.25. The van der Waals surface area contributed by atoms with Crippen LogP contribution in [0.2, 0.25) is 0 Å². The first-order chi connectivity index (χ1) is 8.95. The molecule has 0 spiro atoms. The summed E-state index contributed by atoms with van der Waals surface area (Å²) in [6.45, 7) is -0.439. The number of nitrogens with two attached hydrogens (primary N) is 2. The summed E-state index contributed by atoms with van der Waals surface area (Å²) in [5, 5.41) is 18.3. The molecule has 1 amide bonds. The SMILES string of the molecule is NC(=O)CC[C@H](N)C(=O)O.O=C(O)CNCP(=O)(O)O. The lowest BCUT2D eigenvalue weighted by Crippen LogP contribution is -2.31. The highest BCUT2D eigenvalue weighted by atomic mass is 31.2. The number of amides is 1. The predicted molar refractivity (Wildman–Crippen MR) is 66.6 cm³/mol. The summed E-state index contributed by atoms with van der Waals surface area (Å²) in [5.74, 6) is -2.79. The molecule has 0 aromatic carbocycles. The lowest BCUT2D eigenvalue weighted by atomic mass is 10.2. The van der Waals surface area contributed by atoms with Crippen molar-refractivity contribution in [2.24, 2.45) is 11.5 Å². The van der Waals surface area contributed by atoms with Crippen molar-refractivity contribution in [2.75, 3.05) is 12.8 Å². The first-order valence-corrected chi connectivity index (χ1v) is 6.99. The van der Waals surface area contributed by atoms with Gasteiger partial charge in [-0.3, -0.25) is 24.3 Å². The van der Waals surface area contributed by atoms with Gasteiger partial charge in [-0.25, -0.2) is 0 Å². The minimum atomic E-state index is -4.10. The van der Waals surface area contributed by atoms with Crippen molar-refractivity contribution in [3.8, 4) is 0 Å². The van der Waals surface area contributed by atoms with Crippen LogP contribution in [-0.4, -0.2) is 56.7 Å². The Bertz CT molecular complexity index is 382. The van der Waals surface area contributed by atoms with Gasteiger partial charge in [0.2, 0.25) is 5.91 Å². The molecule has 12 heteroatoms. The Labute approximate surface area is 114 Å². The first-order valence-electron chi connectivity index (χ1n) is 5.19. The molecule has 1 atom stereocenters. The lowest BCUT2D eigenvalue weighted by Gasteiger charge is -2.02. The molecule has 9 N–H and O–H groups in total. The van der Waals surface area contributed by atoms with E-state index in [1.807, 2.05) is 0 Å². The average molecular weight is 315 g/mol. The van der Waals surface area contributed by atoms with Crippen LogP contribution in [0.4, 0.5) is 0 Å². The summed E-state index contributed by atoms with van der Waals surface area (Å²) in [5.41, 5.74) is 9.81. The van der Waals surface area contributed by atoms with Gasteiger partial charge in [-0.05, 0) is 6.42 Å². The molecule has 0 bridgehead atoms. The van der Waals surface area contributed by atoms with Crippen LogP contribution in [0.5, 0.6) is 0 Å². The summed E-state index contributed by atoms with van der Waals surface area (Å²) >= 11 is 0. The molecule has 0 aromatic rings. The predicted octanol–water partition coefficient (Wildman–Crippen LogP) is -2.54. The molecule has 0 aromatic heterocycles. The zero-order valence-electron chi connectivity index (χ0n) is 10.4. The number of carbonyl (C=O) groups is 3. The maximum Gasteiger partial charge on any atom is 0.339 e. The van der Waals surface area contributed by atoms with Crippen molar-refractivity contribution in [2.45, 2.75) is 18.9 Å². The topological polar surface area (TPSA) is 213 Å². The second-order valence-electron chi connectivity index (χ2n) is 3.59. The number of aliphatic carboxylic acids is 2. The summed E-state index contributed by atoms with van der Waals surface area (Å²) in [6, 6.07) is -0.979. The van der Waals surface area contributed by atoms with Gasteiger partial charge in [-0.15, -0.1) is 0 Å². The maximum atomic E-state index is 10.1. The minimum absolute atomic E-state index is 0.0213. The van der Waals surface area contributed by atoms with Gasteiger partial charge in [0.25, 0.3) is 0 Å². The van der Waals surface area contributed by atoms with Crippen molar-refractivity contribution in [1.29, 1.82) is 0 Å². The van der Waals surface area contributed by atoms with Gasteiger partial charge < -0.3 is 31.5 Å². The quantitative estimate of drug-likeness (QED) is 0.233. The Kier molecular flexibility index (Phi) is 10.7. The van der Waals surface area contributed by atoms with Crippen molar-refractivity contribution in [3.05, 3.63) is 0 Å². The van der Waals surface area contributed by atoms with Gasteiger partial charge in [-0.2, -0.15) is 0 Å². The van der Waals surface area contributed by atoms with E-state index < -0.39 is 44.3 Å². The minimum Gasteiger partial charge on any atom is -0.480 e. The van der Waals surface area contributed by atoms with Crippen LogP contribution >= 0.6 is 7.60 Å². The Balaban J connectivity index is 0. The Hall–Kier alpha value is -1.52. The Morgan fingerprint density at radius 3 is 2.00 bits per heavy atom. The van der Waals surface area contributed by atoms with Gasteiger partial charge in [0.15, 0.2) is 0 Å². The molecule has 0 aliphatic heterocycles. The van der Waals surface area contributed by atoms with Crippen LogP contribution in [0.3, 0.4) is 0 Å². The van der Waals surface area contributed by atoms with E-state index in [1.54, 1.807) is 0 Å². The number of carboxylic acid groups (broad SMARTS) is 2. The van der Waals surface area contributed by atoms with E-state index >= 15 is 0 Å². The van der Waals surface area contributed by atoms with Crippen molar-refractivity contribution in [3.63, 3.8) is 0 Å². The fourth-order valence-electron chi connectivity index (χ4n) is 0.730. The molecule has 118 valence electrons. The summed E-state index contributed by atoms with van der Waals surface area (Å²) in [6.07, 6.45) is -0.475.